The third-order valence-corrected chi connectivity index (χ3v) is 4.69. The minimum atomic E-state index is -3.12. The third kappa shape index (κ3) is 3.07. The van der Waals surface area contributed by atoms with Gasteiger partial charge in [-0.25, -0.2) is 13.1 Å². The van der Waals surface area contributed by atoms with Crippen LogP contribution in [0.5, 0.6) is 0 Å². The Morgan fingerprint density at radius 2 is 2.12 bits per heavy atom. The van der Waals surface area contributed by atoms with Gasteiger partial charge in [-0.15, -0.1) is 0 Å². The molecule has 0 saturated heterocycles. The minimum absolute atomic E-state index is 0.0203. The highest BCUT2D eigenvalue weighted by atomic mass is 32.2. The average Bonchev–Trinajstić information content (AvgIpc) is 2.70. The van der Waals surface area contributed by atoms with Crippen LogP contribution in [0.4, 0.5) is 0 Å². The van der Waals surface area contributed by atoms with Crippen molar-refractivity contribution in [3.05, 3.63) is 35.4 Å². The van der Waals surface area contributed by atoms with Crippen molar-refractivity contribution in [1.82, 2.24) is 4.72 Å². The van der Waals surface area contributed by atoms with E-state index in [1.165, 1.54) is 5.56 Å². The van der Waals surface area contributed by atoms with Gasteiger partial charge in [0.1, 0.15) is 0 Å². The lowest BCUT2D eigenvalue weighted by Gasteiger charge is -2.14. The molecule has 17 heavy (non-hydrogen) atoms. The van der Waals surface area contributed by atoms with E-state index in [-0.39, 0.29) is 11.8 Å². The Hall–Kier alpha value is -0.870. The second-order valence-corrected chi connectivity index (χ2v) is 6.45. The highest BCUT2D eigenvalue weighted by Crippen LogP contribution is 2.31. The molecule has 0 radical (unpaired) electrons. The number of unbranched alkanes of at least 4 members (excludes halogenated alkanes) is 1. The zero-order valence-corrected chi connectivity index (χ0v) is 11.0. The lowest BCUT2D eigenvalue weighted by Crippen LogP contribution is -2.29. The van der Waals surface area contributed by atoms with Gasteiger partial charge in [0, 0.05) is 6.04 Å². The summed E-state index contributed by atoms with van der Waals surface area (Å²) in [5.41, 5.74) is 2.42. The van der Waals surface area contributed by atoms with Crippen LogP contribution in [0.25, 0.3) is 0 Å². The first-order valence-corrected chi connectivity index (χ1v) is 7.85. The third-order valence-electron chi connectivity index (χ3n) is 3.22. The molecule has 0 aromatic heterocycles. The number of hydrogen-bond donors (Lipinski definition) is 1. The van der Waals surface area contributed by atoms with Gasteiger partial charge in [-0.3, -0.25) is 0 Å². The molecule has 0 spiro atoms. The number of sulfonamides is 1. The van der Waals surface area contributed by atoms with Gasteiger partial charge in [-0.2, -0.15) is 0 Å². The first kappa shape index (κ1) is 12.6. The summed E-state index contributed by atoms with van der Waals surface area (Å²) >= 11 is 0. The Morgan fingerprint density at radius 1 is 1.35 bits per heavy atom. The van der Waals surface area contributed by atoms with E-state index < -0.39 is 10.0 Å². The molecular formula is C13H19NO2S. The summed E-state index contributed by atoms with van der Waals surface area (Å²) in [6.45, 7) is 2.00. The van der Waals surface area contributed by atoms with Gasteiger partial charge in [-0.05, 0) is 30.4 Å². The van der Waals surface area contributed by atoms with E-state index in [4.69, 9.17) is 0 Å². The lowest BCUT2D eigenvalue weighted by molar-refractivity contribution is 0.552. The zero-order valence-electron chi connectivity index (χ0n) is 10.1. The Morgan fingerprint density at radius 3 is 2.88 bits per heavy atom. The Balaban J connectivity index is 2.07. The second kappa shape index (κ2) is 5.19. The topological polar surface area (TPSA) is 46.2 Å². The molecule has 1 aliphatic rings. The molecule has 1 N–H and O–H groups in total. The molecule has 0 fully saturated rings. The van der Waals surface area contributed by atoms with Gasteiger partial charge in [0.15, 0.2) is 0 Å². The van der Waals surface area contributed by atoms with Crippen LogP contribution in [0, 0.1) is 0 Å². The zero-order chi connectivity index (χ0) is 12.3. The van der Waals surface area contributed by atoms with E-state index in [0.29, 0.717) is 0 Å². The van der Waals surface area contributed by atoms with E-state index in [9.17, 15) is 8.42 Å². The molecule has 2 rings (SSSR count). The number of benzene rings is 1. The molecule has 0 aliphatic heterocycles. The van der Waals surface area contributed by atoms with Gasteiger partial charge in [0.05, 0.1) is 5.75 Å². The van der Waals surface area contributed by atoms with Crippen molar-refractivity contribution in [1.29, 1.82) is 0 Å². The Kier molecular flexibility index (Phi) is 3.84. The predicted molar refractivity (Wildman–Crippen MR) is 69.3 cm³/mol. The van der Waals surface area contributed by atoms with E-state index >= 15 is 0 Å². The van der Waals surface area contributed by atoms with Crippen LogP contribution in [0.1, 0.15) is 43.4 Å². The van der Waals surface area contributed by atoms with E-state index in [1.54, 1.807) is 0 Å². The number of fused-ring (bicyclic) bond motifs is 1. The normalized spacial score (nSPS) is 19.2. The molecule has 1 atom stereocenters. The standard InChI is InChI=1S/C13H19NO2S/c1-2-3-10-17(15,16)14-13-9-8-11-6-4-5-7-12(11)13/h4-7,13-14H,2-3,8-10H2,1H3. The van der Waals surface area contributed by atoms with Crippen molar-refractivity contribution >= 4 is 10.0 Å². The summed E-state index contributed by atoms with van der Waals surface area (Å²) in [5, 5.41) is 0. The van der Waals surface area contributed by atoms with Crippen LogP contribution < -0.4 is 4.72 Å². The van der Waals surface area contributed by atoms with Crippen molar-refractivity contribution in [2.45, 2.75) is 38.6 Å². The lowest BCUT2D eigenvalue weighted by atomic mass is 10.1. The SMILES string of the molecule is CCCCS(=O)(=O)NC1CCc2ccccc21. The van der Waals surface area contributed by atoms with E-state index in [1.807, 2.05) is 25.1 Å². The van der Waals surface area contributed by atoms with Crippen LogP contribution in [-0.4, -0.2) is 14.2 Å². The maximum absolute atomic E-state index is 11.8. The molecule has 0 bridgehead atoms. The molecule has 1 unspecified atom stereocenters. The maximum Gasteiger partial charge on any atom is 0.212 e. The van der Waals surface area contributed by atoms with Gasteiger partial charge in [0.2, 0.25) is 10.0 Å². The second-order valence-electron chi connectivity index (χ2n) is 4.58. The molecule has 1 aromatic rings. The highest BCUT2D eigenvalue weighted by molar-refractivity contribution is 7.89. The van der Waals surface area contributed by atoms with E-state index in [0.717, 1.165) is 31.2 Å². The smallest absolute Gasteiger partial charge is 0.212 e. The minimum Gasteiger partial charge on any atom is -0.212 e. The fraction of sp³-hybridized carbons (Fsp3) is 0.538. The summed E-state index contributed by atoms with van der Waals surface area (Å²) < 4.78 is 26.5. The monoisotopic (exact) mass is 253 g/mol. The quantitative estimate of drug-likeness (QED) is 0.876. The summed E-state index contributed by atoms with van der Waals surface area (Å²) in [6, 6.07) is 8.06. The summed E-state index contributed by atoms with van der Waals surface area (Å²) in [5.74, 6) is 0.238. The van der Waals surface area contributed by atoms with Gasteiger partial charge < -0.3 is 0 Å². The van der Waals surface area contributed by atoms with Crippen molar-refractivity contribution in [2.75, 3.05) is 5.75 Å². The van der Waals surface area contributed by atoms with Gasteiger partial charge >= 0.3 is 0 Å². The largest absolute Gasteiger partial charge is 0.212 e. The molecule has 4 heteroatoms. The van der Waals surface area contributed by atoms with Crippen molar-refractivity contribution in [3.63, 3.8) is 0 Å². The number of nitrogens with one attached hydrogen (secondary N) is 1. The summed E-state index contributed by atoms with van der Waals surface area (Å²) in [4.78, 5) is 0. The number of aryl methyl sites for hydroxylation is 1. The average molecular weight is 253 g/mol. The van der Waals surface area contributed by atoms with Crippen LogP contribution in [-0.2, 0) is 16.4 Å². The molecule has 94 valence electrons. The molecule has 0 heterocycles. The number of hydrogen-bond acceptors (Lipinski definition) is 2. The van der Waals surface area contributed by atoms with Crippen LogP contribution in [0.3, 0.4) is 0 Å². The first-order chi connectivity index (χ1) is 8.12. The van der Waals surface area contributed by atoms with Crippen molar-refractivity contribution < 1.29 is 8.42 Å². The fourth-order valence-corrected chi connectivity index (χ4v) is 3.75. The number of rotatable bonds is 5. The maximum atomic E-state index is 11.8. The molecule has 0 amide bonds. The molecular weight excluding hydrogens is 234 g/mol. The molecule has 1 aliphatic carbocycles. The molecule has 1 aromatic carbocycles. The van der Waals surface area contributed by atoms with Gasteiger partial charge in [-0.1, -0.05) is 37.6 Å². The Bertz CT molecular complexity index is 482. The molecule has 0 saturated carbocycles. The van der Waals surface area contributed by atoms with Crippen molar-refractivity contribution in [2.24, 2.45) is 0 Å². The van der Waals surface area contributed by atoms with Crippen LogP contribution in [0.2, 0.25) is 0 Å². The fourth-order valence-electron chi connectivity index (χ4n) is 2.29. The van der Waals surface area contributed by atoms with Crippen LogP contribution >= 0.6 is 0 Å². The predicted octanol–water partition coefficient (Wildman–Crippen LogP) is 2.39. The molecule has 3 nitrogen and oxygen atoms in total. The van der Waals surface area contributed by atoms with Gasteiger partial charge in [0.25, 0.3) is 0 Å². The first-order valence-electron chi connectivity index (χ1n) is 6.20. The highest BCUT2D eigenvalue weighted by Gasteiger charge is 2.25. The summed E-state index contributed by atoms with van der Waals surface area (Å²) in [7, 11) is -3.12. The van der Waals surface area contributed by atoms with Crippen LogP contribution in [0.15, 0.2) is 24.3 Å². The summed E-state index contributed by atoms with van der Waals surface area (Å²) in [6.07, 6.45) is 3.48. The van der Waals surface area contributed by atoms with Crippen molar-refractivity contribution in [3.8, 4) is 0 Å². The Labute approximate surface area is 103 Å². The van der Waals surface area contributed by atoms with E-state index in [2.05, 4.69) is 10.8 Å².